The quantitative estimate of drug-likeness (QED) is 0.919. The summed E-state index contributed by atoms with van der Waals surface area (Å²) in [6, 6.07) is 7.32. The van der Waals surface area contributed by atoms with Crippen LogP contribution in [0.3, 0.4) is 0 Å². The maximum absolute atomic E-state index is 10.7. The van der Waals surface area contributed by atoms with Crippen LogP contribution in [0.15, 0.2) is 29.2 Å². The highest BCUT2D eigenvalue weighted by atomic mass is 32.2. The smallest absolute Gasteiger partial charge is 0.0856 e. The van der Waals surface area contributed by atoms with Gasteiger partial charge in [0.15, 0.2) is 0 Å². The molecule has 4 heteroatoms. The van der Waals surface area contributed by atoms with Crippen molar-refractivity contribution in [2.45, 2.75) is 32.8 Å². The van der Waals surface area contributed by atoms with Gasteiger partial charge in [0.1, 0.15) is 0 Å². The number of aliphatic hydroxyl groups is 1. The van der Waals surface area contributed by atoms with Crippen LogP contribution in [0.25, 0.3) is 6.08 Å². The van der Waals surface area contributed by atoms with Crippen LogP contribution in [0.5, 0.6) is 0 Å². The van der Waals surface area contributed by atoms with Gasteiger partial charge in [0.05, 0.1) is 6.10 Å². The number of carbonyl (C=O) groups is 1. The largest absolute Gasteiger partial charge is 0.550 e. The first-order valence-electron chi connectivity index (χ1n) is 5.91. The summed E-state index contributed by atoms with van der Waals surface area (Å²) in [6.45, 7) is 1.61. The molecule has 1 aliphatic rings. The van der Waals surface area contributed by atoms with E-state index in [1.165, 1.54) is 0 Å². The maximum Gasteiger partial charge on any atom is 0.0856 e. The minimum Gasteiger partial charge on any atom is -0.550 e. The molecule has 1 N–H and O–H groups in total. The zero-order valence-corrected chi connectivity index (χ0v) is 10.9. The minimum absolute atomic E-state index is 0. The molecule has 1 aromatic rings. The standard InChI is InChI=1S/C14H16O3S.CH4/c1-9(14(16)17)11-4-2-10(3-5-11)8-13-12(15)6-7-18-13;/h2-5,8-9,12,15H,6-7H2,1H3,(H,16,17);1H4/p-1/b13-8-;/t9-,12-;/m0./s1. The van der Waals surface area contributed by atoms with E-state index >= 15 is 0 Å². The molecule has 1 fully saturated rings. The molecule has 0 aliphatic carbocycles. The molecule has 1 aromatic carbocycles. The number of benzene rings is 1. The molecule has 1 saturated heterocycles. The Morgan fingerprint density at radius 1 is 1.47 bits per heavy atom. The average Bonchev–Trinajstić information content (AvgIpc) is 2.75. The molecule has 2 rings (SSSR count). The van der Waals surface area contributed by atoms with Crippen molar-refractivity contribution in [3.8, 4) is 0 Å². The van der Waals surface area contributed by atoms with Gasteiger partial charge >= 0.3 is 0 Å². The predicted octanol–water partition coefficient (Wildman–Crippen LogP) is 2.01. The molecule has 3 nitrogen and oxygen atoms in total. The molecule has 0 spiro atoms. The fourth-order valence-corrected chi connectivity index (χ4v) is 2.95. The molecule has 104 valence electrons. The third-order valence-corrected chi connectivity index (χ3v) is 4.25. The van der Waals surface area contributed by atoms with Crippen molar-refractivity contribution < 1.29 is 15.0 Å². The Bertz CT molecular complexity index is 465. The molecule has 0 amide bonds. The van der Waals surface area contributed by atoms with E-state index in [1.807, 2.05) is 18.2 Å². The van der Waals surface area contributed by atoms with E-state index in [9.17, 15) is 15.0 Å². The number of rotatable bonds is 3. The van der Waals surface area contributed by atoms with Gasteiger partial charge in [0.25, 0.3) is 0 Å². The first-order chi connectivity index (χ1) is 8.58. The van der Waals surface area contributed by atoms with Crippen molar-refractivity contribution in [3.05, 3.63) is 40.3 Å². The van der Waals surface area contributed by atoms with Crippen molar-refractivity contribution in [1.82, 2.24) is 0 Å². The minimum atomic E-state index is -1.07. The van der Waals surface area contributed by atoms with Gasteiger partial charge in [-0.1, -0.05) is 38.6 Å². The Kier molecular flexibility index (Phi) is 5.63. The van der Waals surface area contributed by atoms with Gasteiger partial charge in [-0.3, -0.25) is 0 Å². The second kappa shape index (κ2) is 6.78. The summed E-state index contributed by atoms with van der Waals surface area (Å²) in [6.07, 6.45) is 2.41. The molecule has 0 unspecified atom stereocenters. The highest BCUT2D eigenvalue weighted by Gasteiger charge is 2.18. The second-order valence-corrected chi connectivity index (χ2v) is 5.58. The molecule has 0 aromatic heterocycles. The van der Waals surface area contributed by atoms with Crippen molar-refractivity contribution in [2.75, 3.05) is 5.75 Å². The molecule has 2 atom stereocenters. The summed E-state index contributed by atoms with van der Waals surface area (Å²) in [4.78, 5) is 11.7. The zero-order valence-electron chi connectivity index (χ0n) is 10.1. The summed E-state index contributed by atoms with van der Waals surface area (Å²) < 4.78 is 0. The Morgan fingerprint density at radius 2 is 2.11 bits per heavy atom. The summed E-state index contributed by atoms with van der Waals surface area (Å²) in [7, 11) is 0. The molecule has 1 aliphatic heterocycles. The van der Waals surface area contributed by atoms with Crippen LogP contribution in [-0.2, 0) is 4.79 Å². The van der Waals surface area contributed by atoms with Gasteiger partial charge < -0.3 is 15.0 Å². The number of carboxylic acids is 1. The zero-order chi connectivity index (χ0) is 13.1. The Labute approximate surface area is 118 Å². The van der Waals surface area contributed by atoms with Crippen molar-refractivity contribution >= 4 is 23.8 Å². The van der Waals surface area contributed by atoms with E-state index in [0.717, 1.165) is 28.2 Å². The maximum atomic E-state index is 10.7. The van der Waals surface area contributed by atoms with Crippen molar-refractivity contribution in [3.63, 3.8) is 0 Å². The molecule has 0 radical (unpaired) electrons. The van der Waals surface area contributed by atoms with Crippen molar-refractivity contribution in [2.24, 2.45) is 0 Å². The molecule has 1 heterocycles. The van der Waals surface area contributed by atoms with Gasteiger partial charge in [0.2, 0.25) is 0 Å². The lowest BCUT2D eigenvalue weighted by Gasteiger charge is -2.12. The summed E-state index contributed by atoms with van der Waals surface area (Å²) >= 11 is 1.67. The molecular formula is C15H19O3S-. The molecular weight excluding hydrogens is 260 g/mol. The summed E-state index contributed by atoms with van der Waals surface area (Å²) in [5.74, 6) is -0.715. The van der Waals surface area contributed by atoms with Gasteiger partial charge in [0, 0.05) is 22.5 Å². The lowest BCUT2D eigenvalue weighted by Crippen LogP contribution is -2.27. The second-order valence-electron chi connectivity index (χ2n) is 4.41. The monoisotopic (exact) mass is 279 g/mol. The normalized spacial score (nSPS) is 22.0. The van der Waals surface area contributed by atoms with Gasteiger partial charge in [-0.15, -0.1) is 11.8 Å². The lowest BCUT2D eigenvalue weighted by atomic mass is 10.00. The number of carbonyl (C=O) groups excluding carboxylic acids is 1. The van der Waals surface area contributed by atoms with Crippen LogP contribution in [0, 0.1) is 0 Å². The average molecular weight is 279 g/mol. The highest BCUT2D eigenvalue weighted by molar-refractivity contribution is 8.03. The molecule has 19 heavy (non-hydrogen) atoms. The Balaban J connectivity index is 0.00000180. The van der Waals surface area contributed by atoms with Crippen molar-refractivity contribution in [1.29, 1.82) is 0 Å². The number of aliphatic carboxylic acids is 1. The van der Waals surface area contributed by atoms with Crippen LogP contribution in [-0.4, -0.2) is 22.9 Å². The summed E-state index contributed by atoms with van der Waals surface area (Å²) in [5, 5.41) is 20.4. The number of aliphatic hydroxyl groups excluding tert-OH is 1. The predicted molar refractivity (Wildman–Crippen MR) is 77.7 cm³/mol. The number of hydrogen-bond acceptors (Lipinski definition) is 4. The van der Waals surface area contributed by atoms with Crippen LogP contribution < -0.4 is 5.11 Å². The third kappa shape index (κ3) is 3.85. The lowest BCUT2D eigenvalue weighted by molar-refractivity contribution is -0.307. The van der Waals surface area contributed by atoms with Gasteiger partial charge in [-0.25, -0.2) is 0 Å². The van der Waals surface area contributed by atoms with Crippen LogP contribution in [0.2, 0.25) is 0 Å². The van der Waals surface area contributed by atoms with E-state index < -0.39 is 11.9 Å². The first kappa shape index (κ1) is 15.8. The van der Waals surface area contributed by atoms with Gasteiger partial charge in [-0.05, 0) is 23.6 Å². The number of thioether (sulfide) groups is 1. The number of carboxylic acid groups (broad SMARTS) is 1. The SMILES string of the molecule is C.C[C@H](C(=O)[O-])c1ccc(/C=C2\SCC[C@@H]2O)cc1. The van der Waals surface area contributed by atoms with E-state index in [1.54, 1.807) is 30.8 Å². The van der Waals surface area contributed by atoms with E-state index in [4.69, 9.17) is 0 Å². The van der Waals surface area contributed by atoms with Crippen LogP contribution in [0.1, 0.15) is 37.8 Å². The van der Waals surface area contributed by atoms with E-state index in [-0.39, 0.29) is 13.5 Å². The first-order valence-corrected chi connectivity index (χ1v) is 6.90. The highest BCUT2D eigenvalue weighted by Crippen LogP contribution is 2.32. The van der Waals surface area contributed by atoms with Crippen LogP contribution >= 0.6 is 11.8 Å². The third-order valence-electron chi connectivity index (χ3n) is 3.09. The molecule has 0 saturated carbocycles. The fourth-order valence-electron chi connectivity index (χ4n) is 1.85. The van der Waals surface area contributed by atoms with E-state index in [0.29, 0.717) is 0 Å². The summed E-state index contributed by atoms with van der Waals surface area (Å²) in [5.41, 5.74) is 1.71. The fraction of sp³-hybridized carbons (Fsp3) is 0.400. The van der Waals surface area contributed by atoms with E-state index in [2.05, 4.69) is 0 Å². The number of hydrogen-bond donors (Lipinski definition) is 1. The van der Waals surface area contributed by atoms with Crippen LogP contribution in [0.4, 0.5) is 0 Å². The molecule has 0 bridgehead atoms. The Morgan fingerprint density at radius 3 is 2.58 bits per heavy atom. The topological polar surface area (TPSA) is 60.4 Å². The Hall–Kier alpha value is -1.26. The van der Waals surface area contributed by atoms with Gasteiger partial charge in [-0.2, -0.15) is 0 Å².